The zero-order valence-electron chi connectivity index (χ0n) is 11.0. The number of hydrogen-bond donors (Lipinski definition) is 1. The van der Waals surface area contributed by atoms with Crippen molar-refractivity contribution < 1.29 is 0 Å². The molecule has 98 valence electrons. The quantitative estimate of drug-likeness (QED) is 0.830. The van der Waals surface area contributed by atoms with Gasteiger partial charge in [0.25, 0.3) is 0 Å². The Hall–Kier alpha value is -0.820. The van der Waals surface area contributed by atoms with Crippen LogP contribution in [0.25, 0.3) is 0 Å². The fraction of sp³-hybridized carbons (Fsp3) is 0.600. The normalized spacial score (nSPS) is 17.6. The highest BCUT2D eigenvalue weighted by Crippen LogP contribution is 2.20. The molecule has 1 aromatic rings. The van der Waals surface area contributed by atoms with Crippen LogP contribution >= 0.6 is 11.3 Å². The van der Waals surface area contributed by atoms with Crippen molar-refractivity contribution in [3.05, 3.63) is 21.9 Å². The monoisotopic (exact) mass is 262 g/mol. The van der Waals surface area contributed by atoms with Crippen molar-refractivity contribution in [1.82, 2.24) is 4.90 Å². The van der Waals surface area contributed by atoms with E-state index in [1.807, 2.05) is 11.3 Å². The molecule has 1 aliphatic heterocycles. The van der Waals surface area contributed by atoms with E-state index in [4.69, 9.17) is 5.73 Å². The number of hydrogen-bond acceptors (Lipinski definition) is 3. The second-order valence-electron chi connectivity index (χ2n) is 4.81. The number of thiophene rings is 1. The van der Waals surface area contributed by atoms with E-state index < -0.39 is 0 Å². The number of rotatable bonds is 2. The first-order valence-corrected chi connectivity index (χ1v) is 7.76. The first-order valence-electron chi connectivity index (χ1n) is 6.88. The van der Waals surface area contributed by atoms with Gasteiger partial charge in [-0.25, -0.2) is 0 Å². The maximum atomic E-state index is 5.44. The summed E-state index contributed by atoms with van der Waals surface area (Å²) in [6, 6.07) is 2.12. The Bertz CT molecular complexity index is 406. The molecule has 1 aromatic heterocycles. The van der Waals surface area contributed by atoms with Gasteiger partial charge in [0.1, 0.15) is 0 Å². The third-order valence-corrected chi connectivity index (χ3v) is 4.29. The summed E-state index contributed by atoms with van der Waals surface area (Å²) in [5.41, 5.74) is 6.61. The van der Waals surface area contributed by atoms with E-state index in [1.54, 1.807) is 0 Å². The van der Waals surface area contributed by atoms with Gasteiger partial charge in [-0.3, -0.25) is 4.90 Å². The van der Waals surface area contributed by atoms with Gasteiger partial charge in [-0.2, -0.15) is 0 Å². The maximum absolute atomic E-state index is 5.44. The summed E-state index contributed by atoms with van der Waals surface area (Å²) in [7, 11) is 0. The van der Waals surface area contributed by atoms with Crippen LogP contribution in [0, 0.1) is 11.8 Å². The maximum Gasteiger partial charge on any atom is 0.0555 e. The van der Waals surface area contributed by atoms with Crippen LogP contribution in [0.2, 0.25) is 0 Å². The molecule has 18 heavy (non-hydrogen) atoms. The van der Waals surface area contributed by atoms with Crippen molar-refractivity contribution >= 4 is 11.3 Å². The second-order valence-corrected chi connectivity index (χ2v) is 5.81. The molecular formula is C15H22N2S. The van der Waals surface area contributed by atoms with E-state index in [2.05, 4.69) is 28.2 Å². The van der Waals surface area contributed by atoms with Gasteiger partial charge in [0, 0.05) is 17.0 Å². The molecule has 2 rings (SSSR count). The van der Waals surface area contributed by atoms with Gasteiger partial charge in [0.15, 0.2) is 0 Å². The van der Waals surface area contributed by atoms with Crippen LogP contribution in [-0.2, 0) is 6.54 Å². The molecule has 0 aliphatic carbocycles. The molecule has 2 heterocycles. The molecule has 0 atom stereocenters. The van der Waals surface area contributed by atoms with Gasteiger partial charge in [0.2, 0.25) is 0 Å². The van der Waals surface area contributed by atoms with E-state index in [-0.39, 0.29) is 0 Å². The van der Waals surface area contributed by atoms with Crippen molar-refractivity contribution in [2.24, 2.45) is 5.73 Å². The van der Waals surface area contributed by atoms with Crippen LogP contribution in [0.4, 0.5) is 0 Å². The lowest BCUT2D eigenvalue weighted by Gasteiger charge is -2.24. The van der Waals surface area contributed by atoms with E-state index in [0.29, 0.717) is 6.54 Å². The minimum Gasteiger partial charge on any atom is -0.320 e. The molecule has 0 saturated carbocycles. The highest BCUT2D eigenvalue weighted by molar-refractivity contribution is 7.10. The highest BCUT2D eigenvalue weighted by atomic mass is 32.1. The molecule has 0 amide bonds. The van der Waals surface area contributed by atoms with Gasteiger partial charge >= 0.3 is 0 Å². The summed E-state index contributed by atoms with van der Waals surface area (Å²) in [6.07, 6.45) is 6.88. The second kappa shape index (κ2) is 7.58. The molecular weight excluding hydrogens is 240 g/mol. The molecule has 3 heteroatoms. The Morgan fingerprint density at radius 3 is 2.61 bits per heavy atom. The average Bonchev–Trinajstić information content (AvgIpc) is 2.77. The Morgan fingerprint density at radius 2 is 1.89 bits per heavy atom. The summed E-state index contributed by atoms with van der Waals surface area (Å²) < 4.78 is 0. The molecule has 2 N–H and O–H groups in total. The van der Waals surface area contributed by atoms with E-state index in [9.17, 15) is 0 Å². The molecule has 0 aromatic carbocycles. The Morgan fingerprint density at radius 1 is 1.17 bits per heavy atom. The molecule has 0 bridgehead atoms. The van der Waals surface area contributed by atoms with E-state index >= 15 is 0 Å². The molecule has 1 aliphatic rings. The minimum absolute atomic E-state index is 0.443. The van der Waals surface area contributed by atoms with Crippen molar-refractivity contribution in [2.45, 2.75) is 38.6 Å². The summed E-state index contributed by atoms with van der Waals surface area (Å²) in [5.74, 6) is 6.14. The molecule has 0 radical (unpaired) electrons. The highest BCUT2D eigenvalue weighted by Gasteiger charge is 2.11. The standard InChI is InChI=1S/C15H22N2S/c16-9-6-7-14-8-12-18-15(14)13-17-10-4-2-1-3-5-11-17/h8,12H,1-5,9-11,13,16H2. The van der Waals surface area contributed by atoms with Crippen molar-refractivity contribution in [3.63, 3.8) is 0 Å². The lowest BCUT2D eigenvalue weighted by atomic mass is 10.1. The third-order valence-electron chi connectivity index (χ3n) is 3.39. The van der Waals surface area contributed by atoms with Crippen LogP contribution < -0.4 is 5.73 Å². The van der Waals surface area contributed by atoms with Gasteiger partial charge in [-0.1, -0.05) is 31.1 Å². The third kappa shape index (κ3) is 4.13. The summed E-state index contributed by atoms with van der Waals surface area (Å²) in [6.45, 7) is 3.98. The van der Waals surface area contributed by atoms with Gasteiger partial charge in [-0.05, 0) is 37.4 Å². The predicted octanol–water partition coefficient (Wildman–Crippen LogP) is 2.82. The first-order chi connectivity index (χ1) is 8.90. The lowest BCUT2D eigenvalue weighted by Crippen LogP contribution is -2.26. The molecule has 1 saturated heterocycles. The summed E-state index contributed by atoms with van der Waals surface area (Å²) in [5, 5.41) is 2.14. The fourth-order valence-corrected chi connectivity index (χ4v) is 3.27. The summed E-state index contributed by atoms with van der Waals surface area (Å²) in [4.78, 5) is 3.98. The van der Waals surface area contributed by atoms with E-state index in [0.717, 1.165) is 6.54 Å². The Labute approximate surface area is 114 Å². The topological polar surface area (TPSA) is 29.3 Å². The van der Waals surface area contributed by atoms with Crippen LogP contribution in [-0.4, -0.2) is 24.5 Å². The zero-order valence-corrected chi connectivity index (χ0v) is 11.8. The Balaban J connectivity index is 1.96. The van der Waals surface area contributed by atoms with Crippen LogP contribution in [0.3, 0.4) is 0 Å². The molecule has 0 unspecified atom stereocenters. The van der Waals surface area contributed by atoms with Gasteiger partial charge < -0.3 is 5.73 Å². The van der Waals surface area contributed by atoms with Crippen LogP contribution in [0.5, 0.6) is 0 Å². The fourth-order valence-electron chi connectivity index (χ4n) is 2.39. The van der Waals surface area contributed by atoms with Crippen LogP contribution in [0.1, 0.15) is 42.5 Å². The Kier molecular flexibility index (Phi) is 5.73. The minimum atomic E-state index is 0.443. The largest absolute Gasteiger partial charge is 0.320 e. The molecule has 2 nitrogen and oxygen atoms in total. The first kappa shape index (κ1) is 13.6. The van der Waals surface area contributed by atoms with Crippen molar-refractivity contribution in [1.29, 1.82) is 0 Å². The summed E-state index contributed by atoms with van der Waals surface area (Å²) >= 11 is 1.82. The lowest BCUT2D eigenvalue weighted by molar-refractivity contribution is 0.241. The van der Waals surface area contributed by atoms with Crippen molar-refractivity contribution in [2.75, 3.05) is 19.6 Å². The number of nitrogens with zero attached hydrogens (tertiary/aromatic N) is 1. The van der Waals surface area contributed by atoms with Crippen molar-refractivity contribution in [3.8, 4) is 11.8 Å². The van der Waals surface area contributed by atoms with Gasteiger partial charge in [-0.15, -0.1) is 11.3 Å². The van der Waals surface area contributed by atoms with E-state index in [1.165, 1.54) is 55.6 Å². The number of likely N-dealkylation sites (tertiary alicyclic amines) is 1. The molecule has 1 fully saturated rings. The molecule has 0 spiro atoms. The average molecular weight is 262 g/mol. The smallest absolute Gasteiger partial charge is 0.0555 e. The zero-order chi connectivity index (χ0) is 12.6. The van der Waals surface area contributed by atoms with Crippen LogP contribution in [0.15, 0.2) is 11.4 Å². The van der Waals surface area contributed by atoms with Gasteiger partial charge in [0.05, 0.1) is 6.54 Å². The number of nitrogens with two attached hydrogens (primary N) is 1. The SMILES string of the molecule is NCC#Cc1ccsc1CN1CCCCCCC1. The predicted molar refractivity (Wildman–Crippen MR) is 78.6 cm³/mol.